The van der Waals surface area contributed by atoms with Gasteiger partial charge in [0.1, 0.15) is 17.2 Å². The van der Waals surface area contributed by atoms with Crippen LogP contribution in [0.25, 0.3) is 33.4 Å². The van der Waals surface area contributed by atoms with Crippen molar-refractivity contribution >= 4 is 45.6 Å². The van der Waals surface area contributed by atoms with E-state index in [1.165, 1.54) is 29.4 Å². The van der Waals surface area contributed by atoms with Crippen molar-refractivity contribution in [3.05, 3.63) is 115 Å². The third-order valence-corrected chi connectivity index (χ3v) is 7.80. The number of carbonyl (C=O) groups is 2. The van der Waals surface area contributed by atoms with E-state index >= 15 is 0 Å². The first-order valence-corrected chi connectivity index (χ1v) is 15.6. The number of H-pyrrole nitrogens is 2. The molecule has 0 spiro atoms. The van der Waals surface area contributed by atoms with Gasteiger partial charge < -0.3 is 19.4 Å². The maximum absolute atomic E-state index is 14.3. The van der Waals surface area contributed by atoms with E-state index in [0.29, 0.717) is 45.0 Å². The summed E-state index contributed by atoms with van der Waals surface area (Å²) in [6, 6.07) is 13.1. The summed E-state index contributed by atoms with van der Waals surface area (Å²) in [5.74, 6) is -1.66. The maximum Gasteiger partial charge on any atom is 0.355 e. The van der Waals surface area contributed by atoms with Crippen molar-refractivity contribution in [3.8, 4) is 11.4 Å². The van der Waals surface area contributed by atoms with Gasteiger partial charge in [0.05, 0.1) is 53.0 Å². The Morgan fingerprint density at radius 2 is 1.31 bits per heavy atom. The number of nitrogens with zero attached hydrogens (tertiary/aromatic N) is 4. The molecule has 0 saturated carbocycles. The zero-order chi connectivity index (χ0) is 34.5. The Balaban J connectivity index is 0.000000188. The van der Waals surface area contributed by atoms with Crippen molar-refractivity contribution in [1.82, 2.24) is 29.1 Å². The number of carbonyl (C=O) groups excluding carboxylic acids is 2. The van der Waals surface area contributed by atoms with Gasteiger partial charge in [0, 0.05) is 5.56 Å². The Bertz CT molecular complexity index is 2270. The lowest BCUT2D eigenvalue weighted by molar-refractivity contribution is 0.0506. The molecule has 0 unspecified atom stereocenters. The van der Waals surface area contributed by atoms with Crippen LogP contribution in [0.15, 0.2) is 70.8 Å². The number of aromatic nitrogens is 6. The van der Waals surface area contributed by atoms with Crippen LogP contribution in [0.5, 0.6) is 0 Å². The van der Waals surface area contributed by atoms with Gasteiger partial charge >= 0.3 is 11.9 Å². The Morgan fingerprint density at radius 3 is 1.90 bits per heavy atom. The smallest absolute Gasteiger partial charge is 0.355 e. The van der Waals surface area contributed by atoms with E-state index in [-0.39, 0.29) is 41.2 Å². The van der Waals surface area contributed by atoms with Gasteiger partial charge in [-0.1, -0.05) is 49.2 Å². The molecule has 2 aromatic carbocycles. The molecule has 0 atom stereocenters. The van der Waals surface area contributed by atoms with Crippen molar-refractivity contribution in [1.29, 1.82) is 0 Å². The van der Waals surface area contributed by atoms with Crippen molar-refractivity contribution in [3.63, 3.8) is 0 Å². The number of benzene rings is 2. The lowest BCUT2D eigenvalue weighted by Gasteiger charge is -2.12. The molecule has 48 heavy (non-hydrogen) atoms. The summed E-state index contributed by atoms with van der Waals surface area (Å²) in [4.78, 5) is 63.1. The second-order valence-corrected chi connectivity index (χ2v) is 10.8. The van der Waals surface area contributed by atoms with Gasteiger partial charge in [-0.2, -0.15) is 0 Å². The van der Waals surface area contributed by atoms with E-state index in [0.717, 1.165) is 6.42 Å². The molecule has 12 nitrogen and oxygen atoms in total. The highest BCUT2D eigenvalue weighted by atomic mass is 35.5. The number of para-hydroxylation sites is 2. The van der Waals surface area contributed by atoms with E-state index in [4.69, 9.17) is 21.1 Å². The fourth-order valence-electron chi connectivity index (χ4n) is 5.57. The number of ether oxygens (including phenoxy) is 2. The molecular weight excluding hydrogens is 643 g/mol. The lowest BCUT2D eigenvalue weighted by Crippen LogP contribution is -2.13. The first-order valence-electron chi connectivity index (χ1n) is 15.2. The molecule has 0 aliphatic heterocycles. The number of aromatic amines is 2. The number of rotatable bonds is 8. The van der Waals surface area contributed by atoms with Crippen LogP contribution in [-0.2, 0) is 15.9 Å². The summed E-state index contributed by atoms with van der Waals surface area (Å²) in [6.07, 6.45) is 3.86. The van der Waals surface area contributed by atoms with Gasteiger partial charge in [-0.05, 0) is 57.0 Å². The van der Waals surface area contributed by atoms with Crippen LogP contribution in [0.1, 0.15) is 59.3 Å². The zero-order valence-electron chi connectivity index (χ0n) is 26.6. The summed E-state index contributed by atoms with van der Waals surface area (Å²) in [5, 5.41) is 1.08. The molecule has 14 heteroatoms. The van der Waals surface area contributed by atoms with Crippen LogP contribution in [0.2, 0.25) is 5.02 Å². The SMILES string of the molecule is CCCc1c(C(=O)OCC)n(-c2ccccc2Cl)c2nc[nH]c(=O)c12.CCOC(=O)c1c(C)c2c(=O)[nH]cnc2n1-c1ccccc1F. The van der Waals surface area contributed by atoms with Crippen LogP contribution < -0.4 is 11.1 Å². The highest BCUT2D eigenvalue weighted by Gasteiger charge is 2.28. The number of halogens is 2. The molecule has 2 N–H and O–H groups in total. The summed E-state index contributed by atoms with van der Waals surface area (Å²) in [7, 11) is 0. The molecule has 0 aliphatic rings. The van der Waals surface area contributed by atoms with Gasteiger partial charge in [-0.15, -0.1) is 0 Å². The molecule has 0 radical (unpaired) electrons. The fourth-order valence-corrected chi connectivity index (χ4v) is 5.79. The number of aryl methyl sites for hydroxylation is 2. The molecule has 4 aromatic heterocycles. The van der Waals surface area contributed by atoms with Crippen LogP contribution in [0, 0.1) is 12.7 Å². The van der Waals surface area contributed by atoms with Crippen molar-refractivity contribution in [2.45, 2.75) is 40.5 Å². The van der Waals surface area contributed by atoms with E-state index in [1.54, 1.807) is 55.7 Å². The van der Waals surface area contributed by atoms with E-state index in [9.17, 15) is 23.6 Å². The lowest BCUT2D eigenvalue weighted by atomic mass is 10.1. The Labute approximate surface area is 278 Å². The van der Waals surface area contributed by atoms with Crippen LogP contribution in [-0.4, -0.2) is 54.2 Å². The van der Waals surface area contributed by atoms with Crippen LogP contribution in [0.3, 0.4) is 0 Å². The third kappa shape index (κ3) is 6.11. The summed E-state index contributed by atoms with van der Waals surface area (Å²) in [5.41, 5.74) is 2.05. The molecule has 0 saturated heterocycles. The molecule has 0 bridgehead atoms. The molecular formula is C34H32ClFN6O6. The monoisotopic (exact) mass is 674 g/mol. The number of fused-ring (bicyclic) bond motifs is 2. The zero-order valence-corrected chi connectivity index (χ0v) is 27.4. The van der Waals surface area contributed by atoms with E-state index in [1.807, 2.05) is 13.0 Å². The first-order chi connectivity index (χ1) is 23.2. The molecule has 0 fully saturated rings. The highest BCUT2D eigenvalue weighted by Crippen LogP contribution is 2.31. The number of nitrogens with one attached hydrogen (secondary N) is 2. The Morgan fingerprint density at radius 1 is 0.792 bits per heavy atom. The average Bonchev–Trinajstić information content (AvgIpc) is 3.55. The fraction of sp³-hybridized carbons (Fsp3) is 0.235. The number of hydrogen-bond donors (Lipinski definition) is 2. The van der Waals surface area contributed by atoms with Gasteiger partial charge in [0.15, 0.2) is 11.3 Å². The highest BCUT2D eigenvalue weighted by molar-refractivity contribution is 6.32. The molecule has 248 valence electrons. The second kappa shape index (κ2) is 14.5. The second-order valence-electron chi connectivity index (χ2n) is 10.4. The average molecular weight is 675 g/mol. The molecule has 4 heterocycles. The normalized spacial score (nSPS) is 11.0. The summed E-state index contributed by atoms with van der Waals surface area (Å²) in [6.45, 7) is 7.42. The van der Waals surface area contributed by atoms with E-state index < -0.39 is 23.3 Å². The molecule has 6 rings (SSSR count). The van der Waals surface area contributed by atoms with Gasteiger partial charge in [0.2, 0.25) is 0 Å². The molecule has 0 amide bonds. The Hall–Kier alpha value is -5.56. The quantitative estimate of drug-likeness (QED) is 0.191. The van der Waals surface area contributed by atoms with Crippen molar-refractivity contribution < 1.29 is 23.5 Å². The van der Waals surface area contributed by atoms with Gasteiger partial charge in [-0.3, -0.25) is 18.7 Å². The van der Waals surface area contributed by atoms with Crippen molar-refractivity contribution in [2.75, 3.05) is 13.2 Å². The molecule has 0 aliphatic carbocycles. The maximum atomic E-state index is 14.3. The summed E-state index contributed by atoms with van der Waals surface area (Å²) < 4.78 is 27.5. The minimum absolute atomic E-state index is 0.0937. The van der Waals surface area contributed by atoms with E-state index in [2.05, 4.69) is 19.9 Å². The predicted molar refractivity (Wildman–Crippen MR) is 179 cm³/mol. The number of hydrogen-bond acceptors (Lipinski definition) is 8. The van der Waals surface area contributed by atoms with Crippen LogP contribution in [0.4, 0.5) is 4.39 Å². The first kappa shape index (κ1) is 33.8. The minimum Gasteiger partial charge on any atom is -0.461 e. The largest absolute Gasteiger partial charge is 0.461 e. The standard InChI is InChI=1S/C18H18ClN3O3.C16H14FN3O3/c1-3-7-11-14-16(20-10-21-17(14)23)22(15(11)18(24)25-4-2)13-9-6-5-8-12(13)19;1-3-23-16(22)13-9(2)12-14(18-8-19-15(12)21)20(13)11-7-5-4-6-10(11)17/h5-6,8-10H,3-4,7H2,1-2H3,(H,20,21,23);4-8H,3H2,1-2H3,(H,18,19,21). The topological polar surface area (TPSA) is 154 Å². The number of esters is 2. The third-order valence-electron chi connectivity index (χ3n) is 7.48. The summed E-state index contributed by atoms with van der Waals surface area (Å²) >= 11 is 6.35. The van der Waals surface area contributed by atoms with Gasteiger partial charge in [-0.25, -0.2) is 23.9 Å². The minimum atomic E-state index is -0.634. The van der Waals surface area contributed by atoms with Crippen LogP contribution >= 0.6 is 11.6 Å². The van der Waals surface area contributed by atoms with Crippen molar-refractivity contribution in [2.24, 2.45) is 0 Å². The Kier molecular flexibility index (Phi) is 10.2. The van der Waals surface area contributed by atoms with Gasteiger partial charge in [0.25, 0.3) is 11.1 Å². The predicted octanol–water partition coefficient (Wildman–Crippen LogP) is 5.83. The molecule has 6 aromatic rings.